The molecule has 10 heteroatoms. The van der Waals surface area contributed by atoms with E-state index in [1.54, 1.807) is 16.5 Å². The summed E-state index contributed by atoms with van der Waals surface area (Å²) in [7, 11) is 1.52. The van der Waals surface area contributed by atoms with Crippen molar-refractivity contribution in [3.63, 3.8) is 0 Å². The lowest BCUT2D eigenvalue weighted by Crippen LogP contribution is -2.69. The van der Waals surface area contributed by atoms with E-state index in [4.69, 9.17) is 14.3 Å². The maximum atomic E-state index is 12.5. The number of rotatable bonds is 8. The third kappa shape index (κ3) is 3.89. The predicted molar refractivity (Wildman–Crippen MR) is 113 cm³/mol. The molecule has 3 rings (SSSR count). The van der Waals surface area contributed by atoms with Gasteiger partial charge < -0.3 is 9.47 Å². The van der Waals surface area contributed by atoms with Crippen molar-refractivity contribution in [2.45, 2.75) is 45.5 Å². The molecule has 1 aliphatic heterocycles. The fourth-order valence-electron chi connectivity index (χ4n) is 3.78. The summed E-state index contributed by atoms with van der Waals surface area (Å²) in [5.74, 6) is -0.496. The largest absolute Gasteiger partial charge is 0.461 e. The number of esters is 1. The number of carbonyl (C=O) groups excluding carboxylic acids is 2. The van der Waals surface area contributed by atoms with Gasteiger partial charge in [0, 0.05) is 0 Å². The van der Waals surface area contributed by atoms with Crippen molar-refractivity contribution in [3.05, 3.63) is 46.2 Å². The van der Waals surface area contributed by atoms with E-state index in [0.29, 0.717) is 4.47 Å². The molecule has 0 radical (unpaired) electrons. The molecule has 162 valence electrons. The fraction of sp³-hybridized carbons (Fsp3) is 0.450. The van der Waals surface area contributed by atoms with Crippen LogP contribution in [-0.4, -0.2) is 46.2 Å². The van der Waals surface area contributed by atoms with Crippen LogP contribution in [0, 0.1) is 0 Å². The van der Waals surface area contributed by atoms with Crippen molar-refractivity contribution in [2.75, 3.05) is 19.2 Å². The topological polar surface area (TPSA) is 94.9 Å². The zero-order chi connectivity index (χ0) is 22.1. The molecule has 1 N–H and O–H groups in total. The molecule has 2 aromatic rings. The number of hydrogen-bond acceptors (Lipinski definition) is 7. The molecule has 1 unspecified atom stereocenters. The van der Waals surface area contributed by atoms with Gasteiger partial charge in [0.1, 0.15) is 0 Å². The molecular weight excluding hydrogens is 456 g/mol. The molecule has 2 heterocycles. The SMILES string of the molecule is CCOC(=O)c1c(Br)cnn1CC(C)(c1cccc(NOC)c1)N1C(=O)OC1(C)C. The maximum absolute atomic E-state index is 12.5. The van der Waals surface area contributed by atoms with E-state index in [0.717, 1.165) is 11.3 Å². The Morgan fingerprint density at radius 3 is 2.73 bits per heavy atom. The second-order valence-corrected chi connectivity index (χ2v) is 8.38. The van der Waals surface area contributed by atoms with Crippen LogP contribution in [0.2, 0.25) is 0 Å². The van der Waals surface area contributed by atoms with Gasteiger partial charge in [-0.1, -0.05) is 12.1 Å². The number of halogens is 1. The van der Waals surface area contributed by atoms with Crippen LogP contribution >= 0.6 is 15.9 Å². The van der Waals surface area contributed by atoms with E-state index in [-0.39, 0.29) is 18.8 Å². The van der Waals surface area contributed by atoms with Crippen LogP contribution in [0.3, 0.4) is 0 Å². The highest BCUT2D eigenvalue weighted by Gasteiger charge is 2.56. The molecule has 0 aliphatic carbocycles. The zero-order valence-corrected chi connectivity index (χ0v) is 19.1. The highest BCUT2D eigenvalue weighted by atomic mass is 79.9. The number of nitrogens with one attached hydrogen (secondary N) is 1. The van der Waals surface area contributed by atoms with E-state index in [1.807, 2.05) is 45.0 Å². The smallest absolute Gasteiger partial charge is 0.415 e. The lowest BCUT2D eigenvalue weighted by atomic mass is 9.86. The molecule has 1 aromatic heterocycles. The number of nitrogens with zero attached hydrogens (tertiary/aromatic N) is 3. The van der Waals surface area contributed by atoms with Crippen molar-refractivity contribution < 1.29 is 23.9 Å². The van der Waals surface area contributed by atoms with Crippen LogP contribution in [-0.2, 0) is 26.4 Å². The van der Waals surface area contributed by atoms with E-state index < -0.39 is 23.3 Å². The maximum Gasteiger partial charge on any atom is 0.415 e. The number of benzene rings is 1. The summed E-state index contributed by atoms with van der Waals surface area (Å²) in [5.41, 5.74) is 2.90. The van der Waals surface area contributed by atoms with Crippen molar-refractivity contribution in [3.8, 4) is 0 Å². The standard InChI is InChI=1S/C20H25BrN4O5/c1-6-29-17(26)16-15(21)11-22-24(16)12-20(4,25-18(27)30-19(25,2)3)13-8-7-9-14(10-13)23-28-5/h7-11,23H,6,12H2,1-5H3. The average molecular weight is 481 g/mol. The van der Waals surface area contributed by atoms with Gasteiger partial charge in [-0.25, -0.2) is 9.59 Å². The fourth-order valence-corrected chi connectivity index (χ4v) is 4.24. The molecule has 1 amide bonds. The first-order chi connectivity index (χ1) is 14.1. The van der Waals surface area contributed by atoms with E-state index in [9.17, 15) is 9.59 Å². The quantitative estimate of drug-likeness (QED) is 0.452. The molecular formula is C20H25BrN4O5. The normalized spacial score (nSPS) is 17.0. The second-order valence-electron chi connectivity index (χ2n) is 7.53. The summed E-state index contributed by atoms with van der Waals surface area (Å²) >= 11 is 3.37. The number of hydrogen-bond donors (Lipinski definition) is 1. The zero-order valence-electron chi connectivity index (χ0n) is 17.6. The Kier molecular flexibility index (Phi) is 6.09. The monoisotopic (exact) mass is 480 g/mol. The van der Waals surface area contributed by atoms with Gasteiger partial charge in [-0.3, -0.25) is 19.9 Å². The highest BCUT2D eigenvalue weighted by Crippen LogP contribution is 2.43. The molecule has 0 spiro atoms. The number of carbonyl (C=O) groups is 2. The number of anilines is 1. The molecule has 30 heavy (non-hydrogen) atoms. The summed E-state index contributed by atoms with van der Waals surface area (Å²) in [6.45, 7) is 7.71. The van der Waals surface area contributed by atoms with Gasteiger partial charge in [0.25, 0.3) is 0 Å². The molecule has 1 saturated heterocycles. The summed E-state index contributed by atoms with van der Waals surface area (Å²) in [6, 6.07) is 7.50. The van der Waals surface area contributed by atoms with Gasteiger partial charge in [-0.2, -0.15) is 5.10 Å². The Balaban J connectivity index is 2.10. The third-order valence-corrected chi connectivity index (χ3v) is 5.56. The van der Waals surface area contributed by atoms with E-state index in [2.05, 4.69) is 26.5 Å². The minimum atomic E-state index is -0.892. The van der Waals surface area contributed by atoms with Crippen LogP contribution < -0.4 is 5.48 Å². The Hall–Kier alpha value is -2.59. The van der Waals surface area contributed by atoms with Crippen molar-refractivity contribution in [1.82, 2.24) is 14.7 Å². The van der Waals surface area contributed by atoms with Gasteiger partial charge in [0.15, 0.2) is 11.4 Å². The van der Waals surface area contributed by atoms with Crippen molar-refractivity contribution in [1.29, 1.82) is 0 Å². The average Bonchev–Trinajstić information content (AvgIpc) is 3.01. The van der Waals surface area contributed by atoms with Gasteiger partial charge >= 0.3 is 12.1 Å². The van der Waals surface area contributed by atoms with Crippen molar-refractivity contribution in [2.24, 2.45) is 0 Å². The predicted octanol–water partition coefficient (Wildman–Crippen LogP) is 3.90. The molecule has 9 nitrogen and oxygen atoms in total. The first kappa shape index (κ1) is 22.1. The molecule has 1 aromatic carbocycles. The number of ether oxygens (including phenoxy) is 2. The van der Waals surface area contributed by atoms with Crippen LogP contribution in [0.1, 0.15) is 43.7 Å². The number of amides is 1. The van der Waals surface area contributed by atoms with E-state index >= 15 is 0 Å². The highest BCUT2D eigenvalue weighted by molar-refractivity contribution is 9.10. The Morgan fingerprint density at radius 2 is 2.13 bits per heavy atom. The van der Waals surface area contributed by atoms with Crippen LogP contribution in [0.5, 0.6) is 0 Å². The molecule has 1 fully saturated rings. The number of cyclic esters (lactones) is 1. The molecule has 0 saturated carbocycles. The Labute approximate surface area is 183 Å². The molecule has 0 bridgehead atoms. The lowest BCUT2D eigenvalue weighted by Gasteiger charge is -2.55. The van der Waals surface area contributed by atoms with Gasteiger partial charge in [-0.05, 0) is 61.3 Å². The first-order valence-corrected chi connectivity index (χ1v) is 10.2. The van der Waals surface area contributed by atoms with Gasteiger partial charge in [0.2, 0.25) is 0 Å². The van der Waals surface area contributed by atoms with Crippen LogP contribution in [0.25, 0.3) is 0 Å². The minimum Gasteiger partial charge on any atom is -0.461 e. The van der Waals surface area contributed by atoms with E-state index in [1.165, 1.54) is 13.3 Å². The Morgan fingerprint density at radius 1 is 1.40 bits per heavy atom. The third-order valence-electron chi connectivity index (χ3n) is 4.98. The summed E-state index contributed by atoms with van der Waals surface area (Å²) < 4.78 is 12.6. The van der Waals surface area contributed by atoms with Gasteiger partial charge in [-0.15, -0.1) is 0 Å². The van der Waals surface area contributed by atoms with Crippen LogP contribution in [0.15, 0.2) is 34.9 Å². The van der Waals surface area contributed by atoms with Gasteiger partial charge in [0.05, 0.1) is 42.2 Å². The lowest BCUT2D eigenvalue weighted by molar-refractivity contribution is -0.207. The molecule has 1 aliphatic rings. The first-order valence-electron chi connectivity index (χ1n) is 9.45. The Bertz CT molecular complexity index is 960. The minimum absolute atomic E-state index is 0.196. The summed E-state index contributed by atoms with van der Waals surface area (Å²) in [5, 5.41) is 4.35. The van der Waals surface area contributed by atoms with Crippen LogP contribution in [0.4, 0.5) is 10.5 Å². The molecule has 1 atom stereocenters. The van der Waals surface area contributed by atoms with Crippen molar-refractivity contribution >= 4 is 33.7 Å². The second kappa shape index (κ2) is 8.27. The number of aromatic nitrogens is 2. The summed E-state index contributed by atoms with van der Waals surface area (Å²) in [6.07, 6.45) is 1.09. The summed E-state index contributed by atoms with van der Waals surface area (Å²) in [4.78, 5) is 31.7.